The third-order valence-electron chi connectivity index (χ3n) is 2.90. The van der Waals surface area contributed by atoms with Crippen LogP contribution < -0.4 is 5.73 Å². The van der Waals surface area contributed by atoms with Crippen LogP contribution >= 0.6 is 15.9 Å². The minimum atomic E-state index is -0.922. The number of benzene rings is 1. The molecule has 0 aliphatic carbocycles. The van der Waals surface area contributed by atoms with Crippen LogP contribution in [0.2, 0.25) is 0 Å². The van der Waals surface area contributed by atoms with Gasteiger partial charge in [0.2, 0.25) is 0 Å². The lowest BCUT2D eigenvalue weighted by Gasteiger charge is -2.16. The second-order valence-electron chi connectivity index (χ2n) is 4.22. The summed E-state index contributed by atoms with van der Waals surface area (Å²) < 4.78 is 28.5. The van der Waals surface area contributed by atoms with Crippen LogP contribution in [-0.2, 0) is 6.54 Å². The summed E-state index contributed by atoms with van der Waals surface area (Å²) in [7, 11) is 0. The molecule has 102 valence electrons. The molecular formula is C13H14BrF2N3. The van der Waals surface area contributed by atoms with Crippen molar-refractivity contribution in [2.45, 2.75) is 25.9 Å². The van der Waals surface area contributed by atoms with Gasteiger partial charge in [-0.25, -0.2) is 8.78 Å². The van der Waals surface area contributed by atoms with E-state index in [0.29, 0.717) is 5.56 Å². The molecule has 1 atom stereocenters. The Kier molecular flexibility index (Phi) is 4.31. The smallest absolute Gasteiger partial charge is 0.173 e. The lowest BCUT2D eigenvalue weighted by Crippen LogP contribution is -2.18. The molecule has 2 N–H and O–H groups in total. The predicted octanol–water partition coefficient (Wildman–Crippen LogP) is 3.38. The van der Waals surface area contributed by atoms with Gasteiger partial charge >= 0.3 is 0 Å². The molecule has 1 aromatic heterocycles. The van der Waals surface area contributed by atoms with Gasteiger partial charge in [-0.15, -0.1) is 0 Å². The minimum Gasteiger partial charge on any atom is -0.319 e. The van der Waals surface area contributed by atoms with Crippen molar-refractivity contribution >= 4 is 15.9 Å². The molecule has 0 fully saturated rings. The summed E-state index contributed by atoms with van der Waals surface area (Å²) in [5, 5.41) is 4.18. The van der Waals surface area contributed by atoms with Crippen LogP contribution in [0.15, 0.2) is 28.9 Å². The molecular weight excluding hydrogens is 316 g/mol. The maximum absolute atomic E-state index is 13.5. The zero-order valence-corrected chi connectivity index (χ0v) is 12.0. The maximum atomic E-state index is 13.5. The van der Waals surface area contributed by atoms with E-state index in [1.807, 2.05) is 6.92 Å². The highest BCUT2D eigenvalue weighted by molar-refractivity contribution is 9.10. The van der Waals surface area contributed by atoms with Gasteiger partial charge in [0.25, 0.3) is 0 Å². The van der Waals surface area contributed by atoms with Crippen LogP contribution in [0.3, 0.4) is 0 Å². The molecule has 0 radical (unpaired) electrons. The molecule has 0 saturated carbocycles. The van der Waals surface area contributed by atoms with Crippen LogP contribution in [0.1, 0.15) is 30.6 Å². The van der Waals surface area contributed by atoms with Gasteiger partial charge in [-0.2, -0.15) is 5.10 Å². The number of nitrogens with two attached hydrogens (primary N) is 1. The van der Waals surface area contributed by atoms with Gasteiger partial charge in [0.15, 0.2) is 11.6 Å². The van der Waals surface area contributed by atoms with E-state index in [1.54, 1.807) is 16.9 Å². The summed E-state index contributed by atoms with van der Waals surface area (Å²) in [6, 6.07) is 3.79. The Balaban J connectivity index is 2.41. The average Bonchev–Trinajstić information content (AvgIpc) is 2.84. The minimum absolute atomic E-state index is 0.0595. The molecule has 0 spiro atoms. The Morgan fingerprint density at radius 1 is 1.37 bits per heavy atom. The SMILES string of the molecule is CCCn1nccc1C(N)c1ccc(F)c(F)c1Br. The first kappa shape index (κ1) is 14.1. The highest BCUT2D eigenvalue weighted by atomic mass is 79.9. The number of hydrogen-bond donors (Lipinski definition) is 1. The van der Waals surface area contributed by atoms with Crippen molar-refractivity contribution in [2.24, 2.45) is 5.73 Å². The van der Waals surface area contributed by atoms with Crippen molar-refractivity contribution in [3.05, 3.63) is 51.8 Å². The van der Waals surface area contributed by atoms with Crippen LogP contribution in [-0.4, -0.2) is 9.78 Å². The molecule has 0 bridgehead atoms. The monoisotopic (exact) mass is 329 g/mol. The molecule has 2 aromatic rings. The second kappa shape index (κ2) is 5.79. The van der Waals surface area contributed by atoms with E-state index in [1.165, 1.54) is 6.07 Å². The Hall–Kier alpha value is -1.27. The largest absolute Gasteiger partial charge is 0.319 e. The first-order chi connectivity index (χ1) is 9.06. The molecule has 3 nitrogen and oxygen atoms in total. The fourth-order valence-electron chi connectivity index (χ4n) is 1.95. The van der Waals surface area contributed by atoms with Gasteiger partial charge < -0.3 is 5.73 Å². The molecule has 1 aromatic carbocycles. The van der Waals surface area contributed by atoms with E-state index in [0.717, 1.165) is 24.7 Å². The standard InChI is InChI=1S/C13H14BrF2N3/c1-2-7-19-10(5-6-18-19)13(17)8-3-4-9(15)12(16)11(8)14/h3-6,13H,2,7,17H2,1H3. The van der Waals surface area contributed by atoms with E-state index in [4.69, 9.17) is 5.73 Å². The van der Waals surface area contributed by atoms with Gasteiger partial charge in [0, 0.05) is 12.7 Å². The lowest BCUT2D eigenvalue weighted by atomic mass is 10.0. The summed E-state index contributed by atoms with van der Waals surface area (Å²) in [4.78, 5) is 0. The summed E-state index contributed by atoms with van der Waals surface area (Å²) >= 11 is 3.06. The molecule has 6 heteroatoms. The zero-order chi connectivity index (χ0) is 14.0. The van der Waals surface area contributed by atoms with E-state index < -0.39 is 17.7 Å². The van der Waals surface area contributed by atoms with Crippen molar-refractivity contribution in [1.82, 2.24) is 9.78 Å². The number of halogens is 3. The molecule has 0 saturated heterocycles. The van der Waals surface area contributed by atoms with Crippen LogP contribution in [0.4, 0.5) is 8.78 Å². The van der Waals surface area contributed by atoms with Gasteiger partial charge in [-0.1, -0.05) is 13.0 Å². The van der Waals surface area contributed by atoms with Gasteiger partial charge in [0.05, 0.1) is 16.2 Å². The highest BCUT2D eigenvalue weighted by Crippen LogP contribution is 2.30. The average molecular weight is 330 g/mol. The Bertz CT molecular complexity index is 583. The summed E-state index contributed by atoms with van der Waals surface area (Å²) in [6.45, 7) is 2.77. The Labute approximate surface area is 118 Å². The fourth-order valence-corrected chi connectivity index (χ4v) is 2.51. The molecule has 0 aliphatic heterocycles. The molecule has 19 heavy (non-hydrogen) atoms. The van der Waals surface area contributed by atoms with Crippen LogP contribution in [0.5, 0.6) is 0 Å². The van der Waals surface area contributed by atoms with Crippen molar-refractivity contribution in [2.75, 3.05) is 0 Å². The van der Waals surface area contributed by atoms with E-state index in [2.05, 4.69) is 21.0 Å². The maximum Gasteiger partial charge on any atom is 0.173 e. The summed E-state index contributed by atoms with van der Waals surface area (Å²) in [5.74, 6) is -1.82. The molecule has 1 heterocycles. The van der Waals surface area contributed by atoms with E-state index in [-0.39, 0.29) is 4.47 Å². The first-order valence-electron chi connectivity index (χ1n) is 5.97. The van der Waals surface area contributed by atoms with Crippen molar-refractivity contribution in [1.29, 1.82) is 0 Å². The quantitative estimate of drug-likeness (QED) is 0.874. The Morgan fingerprint density at radius 3 is 2.79 bits per heavy atom. The third kappa shape index (κ3) is 2.69. The summed E-state index contributed by atoms with van der Waals surface area (Å²) in [6.07, 6.45) is 2.57. The van der Waals surface area contributed by atoms with Gasteiger partial charge in [0.1, 0.15) is 0 Å². The van der Waals surface area contributed by atoms with Crippen molar-refractivity contribution in [3.8, 4) is 0 Å². The first-order valence-corrected chi connectivity index (χ1v) is 6.76. The normalized spacial score (nSPS) is 12.7. The molecule has 0 aliphatic rings. The number of aromatic nitrogens is 2. The van der Waals surface area contributed by atoms with E-state index >= 15 is 0 Å². The number of aryl methyl sites for hydroxylation is 1. The molecule has 2 rings (SSSR count). The number of nitrogens with zero attached hydrogens (tertiary/aromatic N) is 2. The highest BCUT2D eigenvalue weighted by Gasteiger charge is 2.20. The topological polar surface area (TPSA) is 43.8 Å². The zero-order valence-electron chi connectivity index (χ0n) is 10.4. The van der Waals surface area contributed by atoms with Gasteiger partial charge in [-0.05, 0) is 40.0 Å². The predicted molar refractivity (Wildman–Crippen MR) is 72.6 cm³/mol. The molecule has 1 unspecified atom stereocenters. The second-order valence-corrected chi connectivity index (χ2v) is 5.01. The molecule has 0 amide bonds. The Morgan fingerprint density at radius 2 is 2.11 bits per heavy atom. The number of hydrogen-bond acceptors (Lipinski definition) is 2. The number of rotatable bonds is 4. The van der Waals surface area contributed by atoms with Crippen molar-refractivity contribution in [3.63, 3.8) is 0 Å². The third-order valence-corrected chi connectivity index (χ3v) is 3.71. The fraction of sp³-hybridized carbons (Fsp3) is 0.308. The van der Waals surface area contributed by atoms with E-state index in [9.17, 15) is 8.78 Å². The van der Waals surface area contributed by atoms with Crippen LogP contribution in [0, 0.1) is 11.6 Å². The van der Waals surface area contributed by atoms with Crippen molar-refractivity contribution < 1.29 is 8.78 Å². The lowest BCUT2D eigenvalue weighted by molar-refractivity contribution is 0.499. The summed E-state index contributed by atoms with van der Waals surface area (Å²) in [5.41, 5.74) is 7.40. The van der Waals surface area contributed by atoms with Crippen LogP contribution in [0.25, 0.3) is 0 Å². The van der Waals surface area contributed by atoms with Gasteiger partial charge in [-0.3, -0.25) is 4.68 Å².